The number of halogens is 1. The van der Waals surface area contributed by atoms with E-state index in [1.54, 1.807) is 12.3 Å². The van der Waals surface area contributed by atoms with Gasteiger partial charge < -0.3 is 14.7 Å². The van der Waals surface area contributed by atoms with Crippen LogP contribution in [0.25, 0.3) is 11.4 Å². The highest BCUT2D eigenvalue weighted by Gasteiger charge is 2.22. The molecule has 0 unspecified atom stereocenters. The molecule has 0 radical (unpaired) electrons. The van der Waals surface area contributed by atoms with E-state index in [9.17, 15) is 9.50 Å². The number of rotatable bonds is 6. The number of unbranched alkanes of at least 4 members (excludes halogenated alkanes) is 1. The summed E-state index contributed by atoms with van der Waals surface area (Å²) in [5.41, 5.74) is 0.675. The zero-order valence-corrected chi connectivity index (χ0v) is 13.8. The van der Waals surface area contributed by atoms with E-state index in [0.717, 1.165) is 31.6 Å². The maximum atomic E-state index is 13.6. The Kier molecular flexibility index (Phi) is 5.25. The van der Waals surface area contributed by atoms with Gasteiger partial charge in [-0.25, -0.2) is 14.4 Å². The van der Waals surface area contributed by atoms with Crippen LogP contribution in [0.5, 0.6) is 5.75 Å². The summed E-state index contributed by atoms with van der Waals surface area (Å²) in [4.78, 5) is 10.9. The Bertz CT molecular complexity index is 696. The third-order valence-electron chi connectivity index (χ3n) is 4.07. The normalized spacial score (nSPS) is 17.3. The predicted octanol–water partition coefficient (Wildman–Crippen LogP) is 3.03. The Balaban J connectivity index is 1.88. The van der Waals surface area contributed by atoms with Gasteiger partial charge in [-0.15, -0.1) is 0 Å². The first-order valence-electron chi connectivity index (χ1n) is 8.36. The summed E-state index contributed by atoms with van der Waals surface area (Å²) >= 11 is 0. The van der Waals surface area contributed by atoms with E-state index in [-0.39, 0.29) is 11.9 Å². The largest absolute Gasteiger partial charge is 0.493 e. The SMILES string of the molecule is CCCCOc1cc(F)ccc1-c1nccc(N2CC[C@@H](O)C2)n1. The van der Waals surface area contributed by atoms with E-state index in [1.807, 2.05) is 11.0 Å². The molecule has 1 aliphatic heterocycles. The van der Waals surface area contributed by atoms with Crippen LogP contribution in [0.15, 0.2) is 30.5 Å². The molecule has 0 saturated carbocycles. The third-order valence-corrected chi connectivity index (χ3v) is 4.07. The van der Waals surface area contributed by atoms with E-state index >= 15 is 0 Å². The van der Waals surface area contributed by atoms with E-state index < -0.39 is 0 Å². The molecule has 6 heteroatoms. The Morgan fingerprint density at radius 1 is 1.38 bits per heavy atom. The summed E-state index contributed by atoms with van der Waals surface area (Å²) in [7, 11) is 0. The summed E-state index contributed by atoms with van der Waals surface area (Å²) in [6, 6.07) is 6.23. The molecule has 1 atom stereocenters. The van der Waals surface area contributed by atoms with Crippen molar-refractivity contribution < 1.29 is 14.2 Å². The maximum absolute atomic E-state index is 13.6. The van der Waals surface area contributed by atoms with Crippen molar-refractivity contribution in [1.82, 2.24) is 9.97 Å². The molecule has 1 saturated heterocycles. The fourth-order valence-corrected chi connectivity index (χ4v) is 2.73. The van der Waals surface area contributed by atoms with Crippen molar-refractivity contribution in [2.45, 2.75) is 32.3 Å². The lowest BCUT2D eigenvalue weighted by Gasteiger charge is -2.17. The molecule has 1 fully saturated rings. The number of hydrogen-bond acceptors (Lipinski definition) is 5. The molecule has 2 heterocycles. The van der Waals surface area contributed by atoms with Crippen LogP contribution in [-0.4, -0.2) is 40.9 Å². The first-order valence-corrected chi connectivity index (χ1v) is 8.36. The summed E-state index contributed by atoms with van der Waals surface area (Å²) < 4.78 is 19.3. The average Bonchev–Trinajstić information content (AvgIpc) is 3.02. The number of hydrogen-bond donors (Lipinski definition) is 1. The van der Waals surface area contributed by atoms with Gasteiger partial charge in [0.05, 0.1) is 18.3 Å². The van der Waals surface area contributed by atoms with Crippen LogP contribution in [0.3, 0.4) is 0 Å². The first kappa shape index (κ1) is 16.6. The van der Waals surface area contributed by atoms with Crippen molar-refractivity contribution in [2.75, 3.05) is 24.6 Å². The Hall–Kier alpha value is -2.21. The molecule has 1 aromatic carbocycles. The molecule has 1 aliphatic rings. The molecule has 0 bridgehead atoms. The minimum Gasteiger partial charge on any atom is -0.493 e. The Morgan fingerprint density at radius 2 is 2.25 bits per heavy atom. The minimum atomic E-state index is -0.343. The van der Waals surface area contributed by atoms with Gasteiger partial charge in [0.1, 0.15) is 17.4 Å². The second kappa shape index (κ2) is 7.57. The highest BCUT2D eigenvalue weighted by molar-refractivity contribution is 5.65. The van der Waals surface area contributed by atoms with E-state index in [2.05, 4.69) is 16.9 Å². The Labute approximate surface area is 141 Å². The number of aliphatic hydroxyl groups is 1. The van der Waals surface area contributed by atoms with Gasteiger partial charge in [0.25, 0.3) is 0 Å². The molecule has 0 aliphatic carbocycles. The van der Waals surface area contributed by atoms with Gasteiger partial charge in [0.2, 0.25) is 0 Å². The molecular weight excluding hydrogens is 309 g/mol. The second-order valence-corrected chi connectivity index (χ2v) is 5.97. The van der Waals surface area contributed by atoms with Crippen LogP contribution >= 0.6 is 0 Å². The minimum absolute atomic E-state index is 0.317. The van der Waals surface area contributed by atoms with Crippen LogP contribution in [0.1, 0.15) is 26.2 Å². The van der Waals surface area contributed by atoms with Gasteiger partial charge in [0, 0.05) is 25.4 Å². The summed E-state index contributed by atoms with van der Waals surface area (Å²) in [5, 5.41) is 9.70. The molecule has 1 N–H and O–H groups in total. The van der Waals surface area contributed by atoms with Crippen LogP contribution in [0.4, 0.5) is 10.2 Å². The number of anilines is 1. The molecule has 0 spiro atoms. The van der Waals surface area contributed by atoms with Crippen LogP contribution in [-0.2, 0) is 0 Å². The summed E-state index contributed by atoms with van der Waals surface area (Å²) in [6.07, 6.45) is 4.02. The zero-order valence-electron chi connectivity index (χ0n) is 13.8. The lowest BCUT2D eigenvalue weighted by Crippen LogP contribution is -2.22. The number of ether oxygens (including phenoxy) is 1. The fourth-order valence-electron chi connectivity index (χ4n) is 2.73. The van der Waals surface area contributed by atoms with Crippen molar-refractivity contribution in [3.05, 3.63) is 36.3 Å². The van der Waals surface area contributed by atoms with Gasteiger partial charge >= 0.3 is 0 Å². The van der Waals surface area contributed by atoms with Crippen molar-refractivity contribution in [2.24, 2.45) is 0 Å². The van der Waals surface area contributed by atoms with Crippen molar-refractivity contribution in [3.63, 3.8) is 0 Å². The van der Waals surface area contributed by atoms with Gasteiger partial charge in [-0.2, -0.15) is 0 Å². The monoisotopic (exact) mass is 331 g/mol. The van der Waals surface area contributed by atoms with E-state index in [1.165, 1.54) is 12.1 Å². The van der Waals surface area contributed by atoms with Crippen molar-refractivity contribution >= 4 is 5.82 Å². The smallest absolute Gasteiger partial charge is 0.165 e. The molecule has 24 heavy (non-hydrogen) atoms. The molecule has 3 rings (SSSR count). The summed E-state index contributed by atoms with van der Waals surface area (Å²) in [5.74, 6) is 1.38. The second-order valence-electron chi connectivity index (χ2n) is 5.97. The molecule has 5 nitrogen and oxygen atoms in total. The Morgan fingerprint density at radius 3 is 3.00 bits per heavy atom. The van der Waals surface area contributed by atoms with Crippen molar-refractivity contribution in [3.8, 4) is 17.1 Å². The van der Waals surface area contributed by atoms with E-state index in [4.69, 9.17) is 4.74 Å². The zero-order chi connectivity index (χ0) is 16.9. The van der Waals surface area contributed by atoms with Gasteiger partial charge in [-0.1, -0.05) is 13.3 Å². The predicted molar refractivity (Wildman–Crippen MR) is 90.7 cm³/mol. The molecule has 1 aromatic heterocycles. The maximum Gasteiger partial charge on any atom is 0.165 e. The third kappa shape index (κ3) is 3.82. The summed E-state index contributed by atoms with van der Waals surface area (Å²) in [6.45, 7) is 3.94. The van der Waals surface area contributed by atoms with E-state index in [0.29, 0.717) is 30.3 Å². The van der Waals surface area contributed by atoms with Gasteiger partial charge in [0.15, 0.2) is 5.82 Å². The fraction of sp³-hybridized carbons (Fsp3) is 0.444. The molecule has 0 amide bonds. The van der Waals surface area contributed by atoms with Gasteiger partial charge in [-0.05, 0) is 31.0 Å². The highest BCUT2D eigenvalue weighted by Crippen LogP contribution is 2.30. The number of aliphatic hydroxyl groups excluding tert-OH is 1. The quantitative estimate of drug-likeness (QED) is 0.825. The lowest BCUT2D eigenvalue weighted by atomic mass is 10.2. The highest BCUT2D eigenvalue weighted by atomic mass is 19.1. The molecule has 128 valence electrons. The number of benzene rings is 1. The number of β-amino-alcohol motifs (C(OH)–C–C–N with tert-alkyl or cyclic N) is 1. The number of nitrogens with zero attached hydrogens (tertiary/aromatic N) is 3. The standard InChI is InChI=1S/C18H22FN3O2/c1-2-3-10-24-16-11-13(19)4-5-15(16)18-20-8-6-17(21-18)22-9-7-14(23)12-22/h4-6,8,11,14,23H,2-3,7,9-10,12H2,1H3/t14-/m1/s1. The topological polar surface area (TPSA) is 58.5 Å². The lowest BCUT2D eigenvalue weighted by molar-refractivity contribution is 0.198. The van der Waals surface area contributed by atoms with Crippen LogP contribution < -0.4 is 9.64 Å². The number of aromatic nitrogens is 2. The first-order chi connectivity index (χ1) is 11.7. The van der Waals surface area contributed by atoms with Crippen LogP contribution in [0, 0.1) is 5.82 Å². The molecule has 2 aromatic rings. The average molecular weight is 331 g/mol. The molecular formula is C18H22FN3O2. The van der Waals surface area contributed by atoms with Crippen LogP contribution in [0.2, 0.25) is 0 Å². The van der Waals surface area contributed by atoms with Gasteiger partial charge in [-0.3, -0.25) is 0 Å². The van der Waals surface area contributed by atoms with Crippen molar-refractivity contribution in [1.29, 1.82) is 0 Å².